The number of benzene rings is 1. The van der Waals surface area contributed by atoms with Crippen LogP contribution in [0.25, 0.3) is 0 Å². The third-order valence-electron chi connectivity index (χ3n) is 6.89. The van der Waals surface area contributed by atoms with E-state index in [4.69, 9.17) is 0 Å². The van der Waals surface area contributed by atoms with Crippen LogP contribution in [0.4, 0.5) is 22.4 Å². The lowest BCUT2D eigenvalue weighted by Crippen LogP contribution is -2.48. The van der Waals surface area contributed by atoms with Crippen LogP contribution in [0, 0.1) is 6.92 Å². The van der Waals surface area contributed by atoms with Gasteiger partial charge in [-0.3, -0.25) is 5.10 Å². The number of aromatic nitrogens is 4. The van der Waals surface area contributed by atoms with Gasteiger partial charge in [0.05, 0.1) is 4.90 Å². The highest BCUT2D eigenvalue weighted by atomic mass is 32.2. The topological polar surface area (TPSA) is 154 Å². The molecule has 196 valence electrons. The quantitative estimate of drug-likeness (QED) is 0.316. The average Bonchev–Trinajstić information content (AvgIpc) is 3.44. The Bertz CT molecular complexity index is 1380. The first-order chi connectivity index (χ1) is 17.7. The summed E-state index contributed by atoms with van der Waals surface area (Å²) in [5.41, 5.74) is 3.04. The highest BCUT2D eigenvalue weighted by Gasteiger charge is 2.27. The molecular weight excluding hydrogens is 492 g/mol. The molecule has 11 nitrogen and oxygen atoms in total. The standard InChI is InChI=1S/C25H32N8O3S/c1-15-11-23(33-32-15)30-22-9-10-26-24(31-22)27-18-4-6-19(7-5-18)28-25(34)29-20-12-16-3-8-21(37(2,35)36)14-17(16)13-20/h3,8-11,14,18-20H,4-7,12-13H2,1-2H3,(H2,28,29,34)(H3,26,27,30,31,32,33). The summed E-state index contributed by atoms with van der Waals surface area (Å²) >= 11 is 0. The zero-order chi connectivity index (χ0) is 26.0. The van der Waals surface area contributed by atoms with Gasteiger partial charge in [0.1, 0.15) is 5.82 Å². The van der Waals surface area contributed by atoms with Gasteiger partial charge in [0.15, 0.2) is 15.7 Å². The van der Waals surface area contributed by atoms with Crippen LogP contribution in [0.5, 0.6) is 0 Å². The molecule has 2 amide bonds. The number of H-pyrrole nitrogens is 1. The molecule has 1 aromatic carbocycles. The first kappa shape index (κ1) is 25.0. The summed E-state index contributed by atoms with van der Waals surface area (Å²) < 4.78 is 23.6. The number of hydrogen-bond donors (Lipinski definition) is 5. The monoisotopic (exact) mass is 524 g/mol. The molecule has 12 heteroatoms. The first-order valence-electron chi connectivity index (χ1n) is 12.5. The van der Waals surface area contributed by atoms with Crippen molar-refractivity contribution < 1.29 is 13.2 Å². The molecule has 2 heterocycles. The number of hydrogen-bond acceptors (Lipinski definition) is 8. The van der Waals surface area contributed by atoms with Crippen LogP contribution in [0.15, 0.2) is 41.4 Å². The van der Waals surface area contributed by atoms with Crippen molar-refractivity contribution in [3.05, 3.63) is 53.3 Å². The molecule has 1 fully saturated rings. The Hall–Kier alpha value is -3.67. The minimum atomic E-state index is -3.24. The van der Waals surface area contributed by atoms with Crippen LogP contribution in [-0.2, 0) is 22.7 Å². The van der Waals surface area contributed by atoms with E-state index in [9.17, 15) is 13.2 Å². The molecule has 0 saturated heterocycles. The predicted octanol–water partition coefficient (Wildman–Crippen LogP) is 2.84. The summed E-state index contributed by atoms with van der Waals surface area (Å²) in [6, 6.07) is 9.05. The van der Waals surface area contributed by atoms with Gasteiger partial charge >= 0.3 is 6.03 Å². The summed E-state index contributed by atoms with van der Waals surface area (Å²) in [5.74, 6) is 1.93. The smallest absolute Gasteiger partial charge is 0.315 e. The van der Waals surface area contributed by atoms with Crippen molar-refractivity contribution in [3.8, 4) is 0 Å². The highest BCUT2D eigenvalue weighted by Crippen LogP contribution is 2.26. The van der Waals surface area contributed by atoms with Crippen LogP contribution < -0.4 is 21.3 Å². The number of amides is 2. The van der Waals surface area contributed by atoms with Gasteiger partial charge in [0.25, 0.3) is 0 Å². The Morgan fingerprint density at radius 2 is 1.68 bits per heavy atom. The second-order valence-electron chi connectivity index (χ2n) is 9.95. The summed E-state index contributed by atoms with van der Waals surface area (Å²) in [6.07, 6.45) is 7.77. The number of rotatable bonds is 7. The maximum Gasteiger partial charge on any atom is 0.315 e. The number of aromatic amines is 1. The van der Waals surface area contributed by atoms with Gasteiger partial charge in [-0.1, -0.05) is 6.07 Å². The van der Waals surface area contributed by atoms with Crippen molar-refractivity contribution in [3.63, 3.8) is 0 Å². The summed E-state index contributed by atoms with van der Waals surface area (Å²) in [6.45, 7) is 1.94. The van der Waals surface area contributed by atoms with Crippen LogP contribution >= 0.6 is 0 Å². The number of carbonyl (C=O) groups is 1. The molecule has 0 bridgehead atoms. The SMILES string of the molecule is Cc1cc(Nc2ccnc(NC3CCC(NC(=O)NC4Cc5ccc(S(C)(=O)=O)cc5C4)CC3)n2)n[nH]1. The molecule has 1 atom stereocenters. The fraction of sp³-hybridized carbons (Fsp3) is 0.440. The lowest BCUT2D eigenvalue weighted by atomic mass is 9.91. The van der Waals surface area contributed by atoms with Gasteiger partial charge in [0, 0.05) is 42.3 Å². The van der Waals surface area contributed by atoms with E-state index in [1.54, 1.807) is 24.4 Å². The number of fused-ring (bicyclic) bond motifs is 1. The van der Waals surface area contributed by atoms with E-state index in [1.807, 2.05) is 19.1 Å². The Balaban J connectivity index is 1.06. The molecule has 3 aromatic rings. The van der Waals surface area contributed by atoms with Crippen molar-refractivity contribution in [1.29, 1.82) is 0 Å². The Morgan fingerprint density at radius 1 is 0.946 bits per heavy atom. The van der Waals surface area contributed by atoms with Crippen molar-refractivity contribution in [2.75, 3.05) is 16.9 Å². The fourth-order valence-corrected chi connectivity index (χ4v) is 5.69. The predicted molar refractivity (Wildman–Crippen MR) is 141 cm³/mol. The molecule has 2 aliphatic carbocycles. The lowest BCUT2D eigenvalue weighted by Gasteiger charge is -2.30. The molecular formula is C25H32N8O3S. The van der Waals surface area contributed by atoms with E-state index in [2.05, 4.69) is 41.4 Å². The number of anilines is 3. The molecule has 1 saturated carbocycles. The summed E-state index contributed by atoms with van der Waals surface area (Å²) in [5, 5.41) is 19.8. The van der Waals surface area contributed by atoms with Crippen LogP contribution in [0.1, 0.15) is 42.5 Å². The lowest BCUT2D eigenvalue weighted by molar-refractivity contribution is 0.228. The van der Waals surface area contributed by atoms with E-state index in [0.717, 1.165) is 42.5 Å². The van der Waals surface area contributed by atoms with Crippen LogP contribution in [0.2, 0.25) is 0 Å². The van der Waals surface area contributed by atoms with Crippen molar-refractivity contribution in [2.24, 2.45) is 0 Å². The van der Waals surface area contributed by atoms with Gasteiger partial charge in [-0.2, -0.15) is 10.1 Å². The second-order valence-corrected chi connectivity index (χ2v) is 12.0. The molecule has 37 heavy (non-hydrogen) atoms. The summed E-state index contributed by atoms with van der Waals surface area (Å²) in [4.78, 5) is 21.8. The molecule has 2 aliphatic rings. The van der Waals surface area contributed by atoms with E-state index >= 15 is 0 Å². The number of carbonyl (C=O) groups excluding carboxylic acids is 1. The zero-order valence-electron chi connectivity index (χ0n) is 20.9. The largest absolute Gasteiger partial charge is 0.351 e. The Morgan fingerprint density at radius 3 is 2.41 bits per heavy atom. The zero-order valence-corrected chi connectivity index (χ0v) is 21.7. The van der Waals surface area contributed by atoms with E-state index in [0.29, 0.717) is 35.3 Å². The number of nitrogens with one attached hydrogen (secondary N) is 5. The third kappa shape index (κ3) is 6.37. The highest BCUT2D eigenvalue weighted by molar-refractivity contribution is 7.90. The fourth-order valence-electron chi connectivity index (χ4n) is 5.02. The minimum absolute atomic E-state index is 0.0359. The first-order valence-corrected chi connectivity index (χ1v) is 14.4. The van der Waals surface area contributed by atoms with Crippen LogP contribution in [0.3, 0.4) is 0 Å². The molecule has 5 rings (SSSR count). The van der Waals surface area contributed by atoms with E-state index < -0.39 is 9.84 Å². The number of nitrogens with zero attached hydrogens (tertiary/aromatic N) is 3. The normalized spacial score (nSPS) is 21.2. The van der Waals surface area contributed by atoms with Gasteiger partial charge in [-0.25, -0.2) is 18.2 Å². The average molecular weight is 525 g/mol. The number of urea groups is 1. The second kappa shape index (κ2) is 10.4. The number of sulfone groups is 1. The molecule has 0 radical (unpaired) electrons. The third-order valence-corrected chi connectivity index (χ3v) is 8.00. The van der Waals surface area contributed by atoms with Gasteiger partial charge in [0.2, 0.25) is 5.95 Å². The molecule has 5 N–H and O–H groups in total. The summed E-state index contributed by atoms with van der Waals surface area (Å²) in [7, 11) is -3.24. The molecule has 0 spiro atoms. The number of aryl methyl sites for hydroxylation is 1. The van der Waals surface area contributed by atoms with Gasteiger partial charge < -0.3 is 21.3 Å². The van der Waals surface area contributed by atoms with Crippen molar-refractivity contribution >= 4 is 33.5 Å². The van der Waals surface area contributed by atoms with Crippen molar-refractivity contribution in [2.45, 2.75) is 68.5 Å². The molecule has 2 aromatic heterocycles. The maximum absolute atomic E-state index is 12.6. The maximum atomic E-state index is 12.6. The Kier molecular flexibility index (Phi) is 7.00. The van der Waals surface area contributed by atoms with E-state index in [1.165, 1.54) is 6.26 Å². The minimum Gasteiger partial charge on any atom is -0.351 e. The van der Waals surface area contributed by atoms with E-state index in [-0.39, 0.29) is 24.2 Å². The van der Waals surface area contributed by atoms with Gasteiger partial charge in [-0.15, -0.1) is 0 Å². The Labute approximate surface area is 216 Å². The van der Waals surface area contributed by atoms with Crippen LogP contribution in [-0.4, -0.2) is 59.0 Å². The van der Waals surface area contributed by atoms with Gasteiger partial charge in [-0.05, 0) is 74.8 Å². The van der Waals surface area contributed by atoms with Crippen molar-refractivity contribution in [1.82, 2.24) is 30.8 Å². The molecule has 1 unspecified atom stereocenters. The molecule has 0 aliphatic heterocycles.